The molecule has 0 saturated carbocycles. The summed E-state index contributed by atoms with van der Waals surface area (Å²) in [5.74, 6) is -0.000673. The zero-order valence-corrected chi connectivity index (χ0v) is 12.3. The number of amides is 1. The van der Waals surface area contributed by atoms with Crippen LogP contribution in [0.4, 0.5) is 5.69 Å². The minimum atomic E-state index is -0.000673. The third-order valence-electron chi connectivity index (χ3n) is 3.62. The number of nitrogens with one attached hydrogen (secondary N) is 2. The van der Waals surface area contributed by atoms with E-state index in [4.69, 9.17) is 0 Å². The van der Waals surface area contributed by atoms with Crippen molar-refractivity contribution in [2.24, 2.45) is 0 Å². The second-order valence-corrected chi connectivity index (χ2v) is 6.09. The second-order valence-electron chi connectivity index (χ2n) is 5.11. The lowest BCUT2D eigenvalue weighted by Gasteiger charge is -2.19. The average molecular weight is 286 g/mol. The molecule has 4 heteroatoms. The molecule has 1 amide bonds. The Morgan fingerprint density at radius 3 is 3.10 bits per heavy atom. The minimum Gasteiger partial charge on any atom is -0.385 e. The van der Waals surface area contributed by atoms with Crippen LogP contribution in [0.1, 0.15) is 40.2 Å². The number of thiophene rings is 1. The highest BCUT2D eigenvalue weighted by atomic mass is 32.1. The Labute approximate surface area is 123 Å². The van der Waals surface area contributed by atoms with E-state index in [9.17, 15) is 4.79 Å². The molecule has 0 radical (unpaired) electrons. The van der Waals surface area contributed by atoms with Gasteiger partial charge in [0, 0.05) is 22.7 Å². The summed E-state index contributed by atoms with van der Waals surface area (Å²) in [6, 6.07) is 10.0. The van der Waals surface area contributed by atoms with Crippen molar-refractivity contribution in [1.29, 1.82) is 0 Å². The molecule has 20 heavy (non-hydrogen) atoms. The van der Waals surface area contributed by atoms with Crippen LogP contribution in [0.15, 0.2) is 35.7 Å². The van der Waals surface area contributed by atoms with Crippen LogP contribution in [0, 0.1) is 0 Å². The number of benzene rings is 1. The molecule has 1 atom stereocenters. The molecule has 3 rings (SSSR count). The fourth-order valence-corrected chi connectivity index (χ4v) is 3.24. The number of fused-ring (bicyclic) bond motifs is 1. The molecule has 0 spiro atoms. The minimum absolute atomic E-state index is 0.000673. The van der Waals surface area contributed by atoms with Crippen LogP contribution in [-0.2, 0) is 6.42 Å². The highest BCUT2D eigenvalue weighted by Crippen LogP contribution is 2.24. The predicted molar refractivity (Wildman–Crippen MR) is 83.5 cm³/mol. The van der Waals surface area contributed by atoms with Crippen LogP contribution in [0.3, 0.4) is 0 Å². The van der Waals surface area contributed by atoms with E-state index < -0.39 is 0 Å². The highest BCUT2D eigenvalue weighted by molar-refractivity contribution is 7.10. The van der Waals surface area contributed by atoms with Crippen LogP contribution < -0.4 is 10.6 Å². The monoisotopic (exact) mass is 286 g/mol. The Morgan fingerprint density at radius 1 is 1.40 bits per heavy atom. The molecular formula is C16H18N2OS. The maximum atomic E-state index is 12.3. The van der Waals surface area contributed by atoms with Crippen molar-refractivity contribution in [3.63, 3.8) is 0 Å². The van der Waals surface area contributed by atoms with Crippen molar-refractivity contribution in [2.45, 2.75) is 25.8 Å². The predicted octanol–water partition coefficient (Wildman–Crippen LogP) is 3.60. The Morgan fingerprint density at radius 2 is 2.30 bits per heavy atom. The third kappa shape index (κ3) is 2.70. The normalized spacial score (nSPS) is 15.1. The number of hydrogen-bond acceptors (Lipinski definition) is 3. The van der Waals surface area contributed by atoms with Gasteiger partial charge in [0.1, 0.15) is 0 Å². The van der Waals surface area contributed by atoms with Crippen molar-refractivity contribution in [1.82, 2.24) is 5.32 Å². The van der Waals surface area contributed by atoms with Gasteiger partial charge < -0.3 is 10.6 Å². The van der Waals surface area contributed by atoms with Crippen molar-refractivity contribution in [2.75, 3.05) is 11.9 Å². The number of carbonyl (C=O) groups excluding carboxylic acids is 1. The fourth-order valence-electron chi connectivity index (χ4n) is 2.50. The van der Waals surface area contributed by atoms with Gasteiger partial charge in [-0.05, 0) is 55.0 Å². The lowest BCUT2D eigenvalue weighted by Crippen LogP contribution is -2.26. The van der Waals surface area contributed by atoms with Crippen molar-refractivity contribution in [3.8, 4) is 0 Å². The van der Waals surface area contributed by atoms with Gasteiger partial charge in [-0.3, -0.25) is 4.79 Å². The number of hydrogen-bond donors (Lipinski definition) is 2. The molecule has 0 unspecified atom stereocenters. The summed E-state index contributed by atoms with van der Waals surface area (Å²) < 4.78 is 0. The molecule has 1 aromatic heterocycles. The molecule has 0 saturated heterocycles. The molecular weight excluding hydrogens is 268 g/mol. The first kappa shape index (κ1) is 13.2. The molecule has 104 valence electrons. The van der Waals surface area contributed by atoms with Crippen molar-refractivity contribution in [3.05, 3.63) is 51.7 Å². The number of aryl methyl sites for hydroxylation is 1. The average Bonchev–Trinajstić information content (AvgIpc) is 3.01. The summed E-state index contributed by atoms with van der Waals surface area (Å²) in [6.07, 6.45) is 2.17. The Bertz CT molecular complexity index is 607. The van der Waals surface area contributed by atoms with Gasteiger partial charge in [0.25, 0.3) is 5.91 Å². The largest absolute Gasteiger partial charge is 0.385 e. The molecule has 1 aliphatic rings. The standard InChI is InChI=1S/C16H18N2OS/c1-11(15-5-3-9-20-15)18-16(19)13-6-7-14-12(10-13)4-2-8-17-14/h3,5-7,9-11,17H,2,4,8H2,1H3,(H,18,19)/t11-/m1/s1. The summed E-state index contributed by atoms with van der Waals surface area (Å²) in [4.78, 5) is 13.5. The number of rotatable bonds is 3. The molecule has 2 heterocycles. The Kier molecular flexibility index (Phi) is 3.74. The van der Waals surface area contributed by atoms with Crippen LogP contribution in [0.2, 0.25) is 0 Å². The van der Waals surface area contributed by atoms with Gasteiger partial charge in [-0.25, -0.2) is 0 Å². The molecule has 2 N–H and O–H groups in total. The summed E-state index contributed by atoms with van der Waals surface area (Å²) >= 11 is 1.67. The molecule has 3 nitrogen and oxygen atoms in total. The molecule has 2 aromatic rings. The van der Waals surface area contributed by atoms with Crippen LogP contribution in [0.5, 0.6) is 0 Å². The van der Waals surface area contributed by atoms with Gasteiger partial charge >= 0.3 is 0 Å². The molecule has 1 aliphatic heterocycles. The summed E-state index contributed by atoms with van der Waals surface area (Å²) in [5, 5.41) is 8.45. The van der Waals surface area contributed by atoms with Crippen LogP contribution in [-0.4, -0.2) is 12.5 Å². The third-order valence-corrected chi connectivity index (χ3v) is 4.68. The van der Waals surface area contributed by atoms with Gasteiger partial charge in [-0.15, -0.1) is 11.3 Å². The van der Waals surface area contributed by atoms with Gasteiger partial charge in [-0.2, -0.15) is 0 Å². The lowest BCUT2D eigenvalue weighted by atomic mass is 10.0. The number of carbonyl (C=O) groups is 1. The Hall–Kier alpha value is -1.81. The van der Waals surface area contributed by atoms with E-state index in [-0.39, 0.29) is 11.9 Å². The van der Waals surface area contributed by atoms with Gasteiger partial charge in [-0.1, -0.05) is 6.07 Å². The molecule has 0 fully saturated rings. The van der Waals surface area contributed by atoms with E-state index in [2.05, 4.69) is 10.6 Å². The van der Waals surface area contributed by atoms with Gasteiger partial charge in [0.05, 0.1) is 6.04 Å². The lowest BCUT2D eigenvalue weighted by molar-refractivity contribution is 0.0940. The zero-order valence-electron chi connectivity index (χ0n) is 11.5. The van der Waals surface area contributed by atoms with E-state index in [1.54, 1.807) is 11.3 Å². The summed E-state index contributed by atoms with van der Waals surface area (Å²) in [6.45, 7) is 3.04. The summed E-state index contributed by atoms with van der Waals surface area (Å²) in [7, 11) is 0. The van der Waals surface area contributed by atoms with Crippen LogP contribution in [0.25, 0.3) is 0 Å². The van der Waals surface area contributed by atoms with E-state index in [0.29, 0.717) is 0 Å². The highest BCUT2D eigenvalue weighted by Gasteiger charge is 2.15. The van der Waals surface area contributed by atoms with E-state index >= 15 is 0 Å². The molecule has 1 aromatic carbocycles. The van der Waals surface area contributed by atoms with Gasteiger partial charge in [0.2, 0.25) is 0 Å². The smallest absolute Gasteiger partial charge is 0.251 e. The van der Waals surface area contributed by atoms with Crippen molar-refractivity contribution < 1.29 is 4.79 Å². The zero-order chi connectivity index (χ0) is 13.9. The maximum Gasteiger partial charge on any atom is 0.251 e. The van der Waals surface area contributed by atoms with E-state index in [1.165, 1.54) is 16.1 Å². The Balaban J connectivity index is 1.74. The molecule has 0 aliphatic carbocycles. The fraction of sp³-hybridized carbons (Fsp3) is 0.312. The number of anilines is 1. The first-order chi connectivity index (χ1) is 9.74. The summed E-state index contributed by atoms with van der Waals surface area (Å²) in [5.41, 5.74) is 3.16. The van der Waals surface area contributed by atoms with Crippen molar-refractivity contribution >= 4 is 22.9 Å². The maximum absolute atomic E-state index is 12.3. The molecule has 0 bridgehead atoms. The van der Waals surface area contributed by atoms with E-state index in [0.717, 1.165) is 24.9 Å². The van der Waals surface area contributed by atoms with Gasteiger partial charge in [0.15, 0.2) is 0 Å². The van der Waals surface area contributed by atoms with E-state index in [1.807, 2.05) is 42.6 Å². The van der Waals surface area contributed by atoms with Crippen LogP contribution >= 0.6 is 11.3 Å². The second kappa shape index (κ2) is 5.67. The SMILES string of the molecule is C[C@@H](NC(=O)c1ccc2c(c1)CCCN2)c1cccs1. The first-order valence-electron chi connectivity index (χ1n) is 6.95. The topological polar surface area (TPSA) is 41.1 Å². The quantitative estimate of drug-likeness (QED) is 0.905. The first-order valence-corrected chi connectivity index (χ1v) is 7.83.